The van der Waals surface area contributed by atoms with E-state index >= 15 is 0 Å². The van der Waals surface area contributed by atoms with Crippen LogP contribution in [-0.4, -0.2) is 11.5 Å². The lowest BCUT2D eigenvalue weighted by Gasteiger charge is -2.18. The molecule has 1 aromatic heterocycles. The predicted molar refractivity (Wildman–Crippen MR) is 83.6 cm³/mol. The number of nitrogen functional groups attached to an aromatic ring is 1. The van der Waals surface area contributed by atoms with E-state index < -0.39 is 0 Å². The number of hydrogen-bond donors (Lipinski definition) is 2. The molecule has 0 bridgehead atoms. The second-order valence-electron chi connectivity index (χ2n) is 6.32. The second kappa shape index (κ2) is 4.65. The van der Waals surface area contributed by atoms with Crippen LogP contribution in [0.1, 0.15) is 25.7 Å². The van der Waals surface area contributed by atoms with Gasteiger partial charge in [-0.05, 0) is 67.7 Å². The quantitative estimate of drug-likeness (QED) is 0.813. The van der Waals surface area contributed by atoms with Crippen molar-refractivity contribution < 1.29 is 0 Å². The van der Waals surface area contributed by atoms with Crippen LogP contribution in [0.25, 0.3) is 10.9 Å². The molecule has 2 aliphatic rings. The zero-order valence-electron chi connectivity index (χ0n) is 11.7. The zero-order chi connectivity index (χ0) is 13.5. The van der Waals surface area contributed by atoms with Crippen LogP contribution < -0.4 is 11.1 Å². The molecule has 2 fully saturated rings. The van der Waals surface area contributed by atoms with Crippen LogP contribution in [0.3, 0.4) is 0 Å². The van der Waals surface area contributed by atoms with E-state index in [-0.39, 0.29) is 0 Å². The van der Waals surface area contributed by atoms with Gasteiger partial charge < -0.3 is 11.1 Å². The topological polar surface area (TPSA) is 50.9 Å². The van der Waals surface area contributed by atoms with Crippen LogP contribution >= 0.6 is 0 Å². The summed E-state index contributed by atoms with van der Waals surface area (Å²) >= 11 is 0. The van der Waals surface area contributed by atoms with Crippen LogP contribution in [0.15, 0.2) is 30.5 Å². The molecule has 0 spiro atoms. The third-order valence-corrected chi connectivity index (χ3v) is 4.78. The highest BCUT2D eigenvalue weighted by molar-refractivity contribution is 5.98. The van der Waals surface area contributed by atoms with E-state index in [1.807, 2.05) is 12.1 Å². The van der Waals surface area contributed by atoms with Gasteiger partial charge in [0.2, 0.25) is 0 Å². The van der Waals surface area contributed by atoms with Gasteiger partial charge in [0.1, 0.15) is 0 Å². The van der Waals surface area contributed by atoms with Crippen molar-refractivity contribution in [3.63, 3.8) is 0 Å². The summed E-state index contributed by atoms with van der Waals surface area (Å²) < 4.78 is 0. The van der Waals surface area contributed by atoms with Gasteiger partial charge in [-0.3, -0.25) is 4.98 Å². The number of nitrogens with one attached hydrogen (secondary N) is 1. The van der Waals surface area contributed by atoms with Gasteiger partial charge >= 0.3 is 0 Å². The first-order chi connectivity index (χ1) is 9.83. The van der Waals surface area contributed by atoms with Crippen LogP contribution in [-0.2, 0) is 0 Å². The smallest absolute Gasteiger partial charge is 0.0951 e. The van der Waals surface area contributed by atoms with Crippen LogP contribution in [0, 0.1) is 17.8 Å². The van der Waals surface area contributed by atoms with Gasteiger partial charge in [-0.2, -0.15) is 0 Å². The fraction of sp³-hybridized carbons (Fsp3) is 0.471. The number of pyridine rings is 1. The Morgan fingerprint density at radius 1 is 1.15 bits per heavy atom. The maximum Gasteiger partial charge on any atom is 0.0951 e. The van der Waals surface area contributed by atoms with Crippen molar-refractivity contribution in [1.82, 2.24) is 4.98 Å². The molecule has 3 N–H and O–H groups in total. The van der Waals surface area contributed by atoms with Gasteiger partial charge in [0, 0.05) is 23.8 Å². The Kier molecular flexibility index (Phi) is 2.79. The number of anilines is 2. The van der Waals surface area contributed by atoms with Crippen molar-refractivity contribution in [3.05, 3.63) is 30.5 Å². The van der Waals surface area contributed by atoms with E-state index in [0.717, 1.165) is 40.9 Å². The molecule has 104 valence electrons. The number of rotatable bonds is 5. The first-order valence-corrected chi connectivity index (χ1v) is 7.70. The van der Waals surface area contributed by atoms with Gasteiger partial charge in [0.15, 0.2) is 0 Å². The third-order valence-electron chi connectivity index (χ3n) is 4.78. The summed E-state index contributed by atoms with van der Waals surface area (Å²) in [6, 6.07) is 8.13. The van der Waals surface area contributed by atoms with Crippen molar-refractivity contribution in [2.24, 2.45) is 17.8 Å². The molecule has 2 aromatic rings. The number of benzene rings is 1. The minimum atomic E-state index is 0.757. The predicted octanol–water partition coefficient (Wildman–Crippen LogP) is 3.67. The highest BCUT2D eigenvalue weighted by Gasteiger charge is 2.41. The van der Waals surface area contributed by atoms with E-state index in [2.05, 4.69) is 22.4 Å². The average Bonchev–Trinajstić information content (AvgIpc) is 3.36. The van der Waals surface area contributed by atoms with E-state index in [0.29, 0.717) is 0 Å². The van der Waals surface area contributed by atoms with Gasteiger partial charge in [0.05, 0.1) is 11.2 Å². The van der Waals surface area contributed by atoms with Crippen LogP contribution in [0.4, 0.5) is 11.4 Å². The Balaban J connectivity index is 1.57. The fourth-order valence-electron chi connectivity index (χ4n) is 3.34. The van der Waals surface area contributed by atoms with Crippen LogP contribution in [0.2, 0.25) is 0 Å². The fourth-order valence-corrected chi connectivity index (χ4v) is 3.34. The molecule has 0 unspecified atom stereocenters. The standard InChI is InChI=1S/C17H21N3/c18-15-7-8-16(13-2-1-9-19-17(13)15)20-10-14(11-3-4-11)12-5-6-12/h1-2,7-9,11-12,14,20H,3-6,10,18H2. The van der Waals surface area contributed by atoms with Gasteiger partial charge in [-0.15, -0.1) is 0 Å². The number of hydrogen-bond acceptors (Lipinski definition) is 3. The summed E-state index contributed by atoms with van der Waals surface area (Å²) in [7, 11) is 0. The molecule has 0 saturated heterocycles. The molecule has 0 atom stereocenters. The van der Waals surface area contributed by atoms with E-state index in [4.69, 9.17) is 5.73 Å². The SMILES string of the molecule is Nc1ccc(NCC(C2CC2)C2CC2)c2cccnc12. The van der Waals surface area contributed by atoms with Crippen molar-refractivity contribution in [1.29, 1.82) is 0 Å². The molecule has 0 amide bonds. The maximum atomic E-state index is 6.01. The largest absolute Gasteiger partial charge is 0.397 e. The summed E-state index contributed by atoms with van der Waals surface area (Å²) in [6.45, 7) is 1.10. The Labute approximate surface area is 119 Å². The summed E-state index contributed by atoms with van der Waals surface area (Å²) in [6.07, 6.45) is 7.55. The third kappa shape index (κ3) is 2.21. The van der Waals surface area contributed by atoms with E-state index in [1.54, 1.807) is 6.20 Å². The van der Waals surface area contributed by atoms with Gasteiger partial charge in [0.25, 0.3) is 0 Å². The van der Waals surface area contributed by atoms with Gasteiger partial charge in [-0.1, -0.05) is 0 Å². The average molecular weight is 267 g/mol. The molecule has 3 nitrogen and oxygen atoms in total. The summed E-state index contributed by atoms with van der Waals surface area (Å²) in [4.78, 5) is 4.40. The van der Waals surface area contributed by atoms with Gasteiger partial charge in [-0.25, -0.2) is 0 Å². The van der Waals surface area contributed by atoms with E-state index in [9.17, 15) is 0 Å². The maximum absolute atomic E-state index is 6.01. The molecule has 0 aliphatic heterocycles. The zero-order valence-corrected chi connectivity index (χ0v) is 11.7. The Bertz CT molecular complexity index is 617. The number of nitrogens with two attached hydrogens (primary N) is 1. The molecule has 3 heteroatoms. The van der Waals surface area contributed by atoms with Crippen molar-refractivity contribution in [2.75, 3.05) is 17.6 Å². The first-order valence-electron chi connectivity index (χ1n) is 7.70. The second-order valence-corrected chi connectivity index (χ2v) is 6.32. The molecule has 2 aliphatic carbocycles. The highest BCUT2D eigenvalue weighted by atomic mass is 14.9. The summed E-state index contributed by atoms with van der Waals surface area (Å²) in [5.41, 5.74) is 8.85. The molecular weight excluding hydrogens is 246 g/mol. The first kappa shape index (κ1) is 12.0. The van der Waals surface area contributed by atoms with Crippen LogP contribution in [0.5, 0.6) is 0 Å². The number of nitrogens with zero attached hydrogens (tertiary/aromatic N) is 1. The Hall–Kier alpha value is -1.77. The van der Waals surface area contributed by atoms with Crippen molar-refractivity contribution >= 4 is 22.3 Å². The monoisotopic (exact) mass is 267 g/mol. The molecule has 4 rings (SSSR count). The van der Waals surface area contributed by atoms with E-state index in [1.165, 1.54) is 31.4 Å². The summed E-state index contributed by atoms with van der Waals surface area (Å²) in [5, 5.41) is 4.80. The highest BCUT2D eigenvalue weighted by Crippen LogP contribution is 2.49. The minimum Gasteiger partial charge on any atom is -0.397 e. The summed E-state index contributed by atoms with van der Waals surface area (Å²) in [5.74, 6) is 2.83. The number of aromatic nitrogens is 1. The lowest BCUT2D eigenvalue weighted by molar-refractivity contribution is 0.428. The minimum absolute atomic E-state index is 0.757. The Morgan fingerprint density at radius 2 is 1.90 bits per heavy atom. The molecule has 2 saturated carbocycles. The normalized spacial score (nSPS) is 18.6. The molecule has 20 heavy (non-hydrogen) atoms. The van der Waals surface area contributed by atoms with Crippen molar-refractivity contribution in [3.8, 4) is 0 Å². The lowest BCUT2D eigenvalue weighted by atomic mass is 9.97. The molecule has 1 aromatic carbocycles. The lowest BCUT2D eigenvalue weighted by Crippen LogP contribution is -2.18. The number of fused-ring (bicyclic) bond motifs is 1. The molecule has 0 radical (unpaired) electrons. The Morgan fingerprint density at radius 3 is 2.60 bits per heavy atom. The molecule has 1 heterocycles. The molecular formula is C17H21N3. The van der Waals surface area contributed by atoms with Crippen molar-refractivity contribution in [2.45, 2.75) is 25.7 Å².